The highest BCUT2D eigenvalue weighted by Gasteiger charge is 2.15. The van der Waals surface area contributed by atoms with Crippen molar-refractivity contribution in [1.82, 2.24) is 14.8 Å². The second kappa shape index (κ2) is 4.63. The smallest absolute Gasteiger partial charge is 0.166 e. The minimum atomic E-state index is -0.323. The maximum absolute atomic E-state index is 13.8. The summed E-state index contributed by atoms with van der Waals surface area (Å²) in [6.07, 6.45) is 0. The van der Waals surface area contributed by atoms with Gasteiger partial charge in [-0.3, -0.25) is 0 Å². The van der Waals surface area contributed by atoms with E-state index in [0.29, 0.717) is 23.8 Å². The fourth-order valence-electron chi connectivity index (χ4n) is 1.79. The van der Waals surface area contributed by atoms with Gasteiger partial charge in [-0.05, 0) is 31.5 Å². The number of nitrogens with zero attached hydrogens (tertiary/aromatic N) is 3. The van der Waals surface area contributed by atoms with Crippen LogP contribution >= 0.6 is 0 Å². The monoisotopic (exact) mass is 235 g/mol. The lowest BCUT2D eigenvalue weighted by atomic mass is 10.1. The van der Waals surface area contributed by atoms with E-state index < -0.39 is 0 Å². The molecule has 0 aliphatic carbocycles. The summed E-state index contributed by atoms with van der Waals surface area (Å²) in [5, 5.41) is 16.9. The molecule has 0 aliphatic rings. The first-order valence-corrected chi connectivity index (χ1v) is 5.46. The number of benzene rings is 1. The molecule has 2 aromatic rings. The summed E-state index contributed by atoms with van der Waals surface area (Å²) in [5.74, 6) is 0.577. The summed E-state index contributed by atoms with van der Waals surface area (Å²) in [7, 11) is 0. The second-order valence-electron chi connectivity index (χ2n) is 3.83. The van der Waals surface area contributed by atoms with Crippen LogP contribution in [0.1, 0.15) is 18.3 Å². The van der Waals surface area contributed by atoms with E-state index in [0.717, 1.165) is 5.56 Å². The molecule has 0 saturated carbocycles. The highest BCUT2D eigenvalue weighted by molar-refractivity contribution is 5.57. The van der Waals surface area contributed by atoms with Crippen molar-refractivity contribution in [2.24, 2.45) is 0 Å². The van der Waals surface area contributed by atoms with Gasteiger partial charge in [-0.25, -0.2) is 4.39 Å². The highest BCUT2D eigenvalue weighted by atomic mass is 19.1. The molecule has 0 amide bonds. The summed E-state index contributed by atoms with van der Waals surface area (Å²) >= 11 is 0. The Morgan fingerprint density at radius 3 is 2.71 bits per heavy atom. The molecule has 0 unspecified atom stereocenters. The van der Waals surface area contributed by atoms with Crippen molar-refractivity contribution >= 4 is 0 Å². The average Bonchev–Trinajstić information content (AvgIpc) is 2.71. The van der Waals surface area contributed by atoms with E-state index in [1.807, 2.05) is 19.9 Å². The zero-order valence-corrected chi connectivity index (χ0v) is 9.81. The average molecular weight is 235 g/mol. The molecular formula is C12H14FN3O. The van der Waals surface area contributed by atoms with Gasteiger partial charge in [0.15, 0.2) is 11.6 Å². The molecule has 0 saturated heterocycles. The third kappa shape index (κ3) is 2.06. The first kappa shape index (κ1) is 11.7. The van der Waals surface area contributed by atoms with Crippen LogP contribution in [0.3, 0.4) is 0 Å². The van der Waals surface area contributed by atoms with Crippen LogP contribution in [0.2, 0.25) is 0 Å². The Kier molecular flexibility index (Phi) is 3.19. The quantitative estimate of drug-likeness (QED) is 0.884. The van der Waals surface area contributed by atoms with E-state index in [1.165, 1.54) is 6.07 Å². The zero-order valence-electron chi connectivity index (χ0n) is 9.81. The van der Waals surface area contributed by atoms with E-state index in [1.54, 1.807) is 10.6 Å². The first-order chi connectivity index (χ1) is 8.17. The molecule has 5 heteroatoms. The first-order valence-electron chi connectivity index (χ1n) is 5.46. The van der Waals surface area contributed by atoms with E-state index >= 15 is 0 Å². The van der Waals surface area contributed by atoms with Crippen LogP contribution in [0.4, 0.5) is 4.39 Å². The van der Waals surface area contributed by atoms with Crippen molar-refractivity contribution in [3.63, 3.8) is 0 Å². The van der Waals surface area contributed by atoms with Crippen molar-refractivity contribution in [3.05, 3.63) is 35.4 Å². The molecule has 0 spiro atoms. The Labute approximate surface area is 98.7 Å². The number of hydrogen-bond acceptors (Lipinski definition) is 3. The molecule has 1 heterocycles. The van der Waals surface area contributed by atoms with Crippen molar-refractivity contribution in [2.45, 2.75) is 27.0 Å². The Balaban J connectivity index is 2.56. The van der Waals surface area contributed by atoms with Crippen LogP contribution in [-0.2, 0) is 13.2 Å². The lowest BCUT2D eigenvalue weighted by Gasteiger charge is -2.07. The van der Waals surface area contributed by atoms with Gasteiger partial charge >= 0.3 is 0 Å². The van der Waals surface area contributed by atoms with Gasteiger partial charge in [-0.1, -0.05) is 6.07 Å². The fraction of sp³-hybridized carbons (Fsp3) is 0.333. The SMILES string of the molecule is CCn1c(CO)nnc1-c1ccc(C)cc1F. The van der Waals surface area contributed by atoms with Gasteiger partial charge in [0.2, 0.25) is 0 Å². The van der Waals surface area contributed by atoms with Crippen LogP contribution in [-0.4, -0.2) is 19.9 Å². The molecular weight excluding hydrogens is 221 g/mol. The fourth-order valence-corrected chi connectivity index (χ4v) is 1.79. The Morgan fingerprint density at radius 1 is 1.35 bits per heavy atom. The number of aromatic nitrogens is 3. The molecule has 1 N–H and O–H groups in total. The molecule has 0 fully saturated rings. The van der Waals surface area contributed by atoms with Gasteiger partial charge in [0.1, 0.15) is 12.4 Å². The van der Waals surface area contributed by atoms with Crippen molar-refractivity contribution in [1.29, 1.82) is 0 Å². The van der Waals surface area contributed by atoms with E-state index in [-0.39, 0.29) is 12.4 Å². The third-order valence-electron chi connectivity index (χ3n) is 2.65. The number of halogens is 1. The van der Waals surface area contributed by atoms with Gasteiger partial charge in [0.25, 0.3) is 0 Å². The van der Waals surface area contributed by atoms with Crippen molar-refractivity contribution in [3.8, 4) is 11.4 Å². The van der Waals surface area contributed by atoms with Crippen molar-refractivity contribution in [2.75, 3.05) is 0 Å². The summed E-state index contributed by atoms with van der Waals surface area (Å²) in [6, 6.07) is 4.97. The normalized spacial score (nSPS) is 10.8. The predicted molar refractivity (Wildman–Crippen MR) is 61.7 cm³/mol. The van der Waals surface area contributed by atoms with E-state index in [9.17, 15) is 4.39 Å². The summed E-state index contributed by atoms with van der Waals surface area (Å²) in [4.78, 5) is 0. The van der Waals surface area contributed by atoms with Crippen LogP contribution in [0.5, 0.6) is 0 Å². The molecule has 1 aromatic carbocycles. The molecule has 0 aliphatic heterocycles. The predicted octanol–water partition coefficient (Wildman–Crippen LogP) is 1.90. The molecule has 0 bridgehead atoms. The van der Waals surface area contributed by atoms with Gasteiger partial charge in [-0.2, -0.15) is 0 Å². The molecule has 17 heavy (non-hydrogen) atoms. The number of hydrogen-bond donors (Lipinski definition) is 1. The summed E-state index contributed by atoms with van der Waals surface area (Å²) < 4.78 is 15.5. The Morgan fingerprint density at radius 2 is 2.12 bits per heavy atom. The maximum atomic E-state index is 13.8. The van der Waals surface area contributed by atoms with Gasteiger partial charge in [-0.15, -0.1) is 10.2 Å². The number of aliphatic hydroxyl groups excluding tert-OH is 1. The van der Waals surface area contributed by atoms with Crippen LogP contribution in [0.25, 0.3) is 11.4 Å². The topological polar surface area (TPSA) is 50.9 Å². The van der Waals surface area contributed by atoms with E-state index in [4.69, 9.17) is 5.11 Å². The molecule has 4 nitrogen and oxygen atoms in total. The molecule has 2 rings (SSSR count). The lowest BCUT2D eigenvalue weighted by molar-refractivity contribution is 0.265. The van der Waals surface area contributed by atoms with Crippen LogP contribution in [0, 0.1) is 12.7 Å². The van der Waals surface area contributed by atoms with Gasteiger partial charge in [0.05, 0.1) is 5.56 Å². The van der Waals surface area contributed by atoms with Crippen LogP contribution in [0.15, 0.2) is 18.2 Å². The van der Waals surface area contributed by atoms with Crippen LogP contribution < -0.4 is 0 Å². The lowest BCUT2D eigenvalue weighted by Crippen LogP contribution is -2.04. The van der Waals surface area contributed by atoms with E-state index in [2.05, 4.69) is 10.2 Å². The summed E-state index contributed by atoms with van der Waals surface area (Å²) in [5.41, 5.74) is 1.26. The molecule has 0 atom stereocenters. The third-order valence-corrected chi connectivity index (χ3v) is 2.65. The maximum Gasteiger partial charge on any atom is 0.166 e. The minimum absolute atomic E-state index is 0.200. The second-order valence-corrected chi connectivity index (χ2v) is 3.83. The summed E-state index contributed by atoms with van der Waals surface area (Å²) in [6.45, 7) is 4.12. The molecule has 0 radical (unpaired) electrons. The largest absolute Gasteiger partial charge is 0.388 e. The molecule has 1 aromatic heterocycles. The standard InChI is InChI=1S/C12H14FN3O/c1-3-16-11(7-17)14-15-12(16)9-5-4-8(2)6-10(9)13/h4-6,17H,3,7H2,1-2H3. The number of aliphatic hydroxyl groups is 1. The Bertz CT molecular complexity index is 537. The van der Waals surface area contributed by atoms with Gasteiger partial charge in [0, 0.05) is 6.54 Å². The van der Waals surface area contributed by atoms with Gasteiger partial charge < -0.3 is 9.67 Å². The number of aryl methyl sites for hydroxylation is 1. The Hall–Kier alpha value is -1.75. The molecule has 90 valence electrons. The highest BCUT2D eigenvalue weighted by Crippen LogP contribution is 2.22. The zero-order chi connectivity index (χ0) is 12.4. The van der Waals surface area contributed by atoms with Crippen molar-refractivity contribution < 1.29 is 9.50 Å². The number of rotatable bonds is 3. The minimum Gasteiger partial charge on any atom is -0.388 e.